The third kappa shape index (κ3) is 3.19. The van der Waals surface area contributed by atoms with Crippen LogP contribution >= 0.6 is 0 Å². The van der Waals surface area contributed by atoms with E-state index in [1.54, 1.807) is 6.07 Å². The molecule has 2 heterocycles. The Bertz CT molecular complexity index is 586. The lowest BCUT2D eigenvalue weighted by molar-refractivity contribution is -0.141. The van der Waals surface area contributed by atoms with Crippen molar-refractivity contribution in [3.8, 4) is 0 Å². The van der Waals surface area contributed by atoms with E-state index in [-0.39, 0.29) is 6.54 Å². The molecule has 2 aromatic rings. The van der Waals surface area contributed by atoms with Gasteiger partial charge in [0.25, 0.3) is 0 Å². The van der Waals surface area contributed by atoms with Gasteiger partial charge in [-0.1, -0.05) is 5.16 Å². The van der Waals surface area contributed by atoms with Gasteiger partial charge in [-0.15, -0.1) is 0 Å². The van der Waals surface area contributed by atoms with Gasteiger partial charge in [-0.2, -0.15) is 18.3 Å². The first kappa shape index (κ1) is 13.2. The van der Waals surface area contributed by atoms with Gasteiger partial charge in [-0.3, -0.25) is 4.68 Å². The number of halogens is 3. The van der Waals surface area contributed by atoms with E-state index in [1.165, 1.54) is 23.7 Å². The maximum Gasteiger partial charge on any atom is 0.435 e. The van der Waals surface area contributed by atoms with E-state index in [0.29, 0.717) is 18.3 Å². The van der Waals surface area contributed by atoms with Crippen molar-refractivity contribution in [3.63, 3.8) is 0 Å². The molecule has 20 heavy (non-hydrogen) atoms. The third-order valence-electron chi connectivity index (χ3n) is 3.01. The van der Waals surface area contributed by atoms with Crippen LogP contribution in [0.1, 0.15) is 30.0 Å². The summed E-state index contributed by atoms with van der Waals surface area (Å²) in [7, 11) is 0. The Morgan fingerprint density at radius 2 is 2.20 bits per heavy atom. The fourth-order valence-corrected chi connectivity index (χ4v) is 1.81. The first-order valence-corrected chi connectivity index (χ1v) is 6.29. The molecule has 1 N–H and O–H groups in total. The molecule has 0 atom stereocenters. The molecule has 1 fully saturated rings. The van der Waals surface area contributed by atoms with Crippen molar-refractivity contribution in [1.82, 2.24) is 20.3 Å². The van der Waals surface area contributed by atoms with Gasteiger partial charge in [0, 0.05) is 24.8 Å². The maximum absolute atomic E-state index is 12.4. The Hall–Kier alpha value is -1.83. The number of hydrogen-bond acceptors (Lipinski definition) is 4. The predicted molar refractivity (Wildman–Crippen MR) is 62.7 cm³/mol. The zero-order chi connectivity index (χ0) is 14.2. The zero-order valence-electron chi connectivity index (χ0n) is 10.5. The molecule has 2 aromatic heterocycles. The van der Waals surface area contributed by atoms with Crippen LogP contribution in [-0.2, 0) is 19.3 Å². The van der Waals surface area contributed by atoms with Crippen LogP contribution in [0.15, 0.2) is 22.9 Å². The minimum atomic E-state index is -4.42. The van der Waals surface area contributed by atoms with Crippen molar-refractivity contribution in [1.29, 1.82) is 0 Å². The van der Waals surface area contributed by atoms with Gasteiger partial charge in [-0.25, -0.2) is 0 Å². The summed E-state index contributed by atoms with van der Waals surface area (Å²) in [5.74, 6) is 0.481. The van der Waals surface area contributed by atoms with E-state index in [0.717, 1.165) is 11.8 Å². The monoisotopic (exact) mass is 286 g/mol. The number of alkyl halides is 3. The van der Waals surface area contributed by atoms with Crippen molar-refractivity contribution in [2.45, 2.75) is 38.1 Å². The number of aromatic nitrogens is 3. The van der Waals surface area contributed by atoms with E-state index >= 15 is 0 Å². The molecule has 0 aliphatic heterocycles. The Kier molecular flexibility index (Phi) is 3.25. The minimum absolute atomic E-state index is 0.131. The quantitative estimate of drug-likeness (QED) is 0.915. The van der Waals surface area contributed by atoms with E-state index in [2.05, 4.69) is 15.6 Å². The summed E-state index contributed by atoms with van der Waals surface area (Å²) in [6.07, 6.45) is -0.796. The highest BCUT2D eigenvalue weighted by atomic mass is 19.4. The molecule has 0 unspecified atom stereocenters. The highest BCUT2D eigenvalue weighted by molar-refractivity contribution is 5.08. The Morgan fingerprint density at radius 3 is 2.85 bits per heavy atom. The van der Waals surface area contributed by atoms with Crippen LogP contribution in [0.2, 0.25) is 0 Å². The smallest absolute Gasteiger partial charge is 0.359 e. The van der Waals surface area contributed by atoms with Crippen LogP contribution in [0, 0.1) is 0 Å². The molecule has 3 rings (SSSR count). The fourth-order valence-electron chi connectivity index (χ4n) is 1.81. The normalized spacial score (nSPS) is 15.8. The largest absolute Gasteiger partial charge is 0.435 e. The van der Waals surface area contributed by atoms with Gasteiger partial charge in [0.05, 0.1) is 5.69 Å². The molecule has 1 aliphatic rings. The van der Waals surface area contributed by atoms with Crippen LogP contribution in [0.25, 0.3) is 0 Å². The zero-order valence-corrected chi connectivity index (χ0v) is 10.5. The Balaban J connectivity index is 1.60. The average Bonchev–Trinajstić information content (AvgIpc) is 2.89. The van der Waals surface area contributed by atoms with Crippen molar-refractivity contribution in [3.05, 3.63) is 35.5 Å². The second-order valence-electron chi connectivity index (χ2n) is 4.84. The van der Waals surface area contributed by atoms with Crippen LogP contribution in [0.3, 0.4) is 0 Å². The summed E-state index contributed by atoms with van der Waals surface area (Å²) in [6.45, 7) is 0.744. The van der Waals surface area contributed by atoms with Crippen molar-refractivity contribution in [2.75, 3.05) is 0 Å². The molecule has 108 valence electrons. The van der Waals surface area contributed by atoms with Crippen LogP contribution in [0.5, 0.6) is 0 Å². The van der Waals surface area contributed by atoms with Gasteiger partial charge in [0.1, 0.15) is 6.54 Å². The van der Waals surface area contributed by atoms with Crippen LogP contribution in [0.4, 0.5) is 13.2 Å². The lowest BCUT2D eigenvalue weighted by atomic mass is 10.3. The minimum Gasteiger partial charge on any atom is -0.359 e. The molecule has 1 aliphatic carbocycles. The molecule has 0 aromatic carbocycles. The lowest BCUT2D eigenvalue weighted by Crippen LogP contribution is -2.15. The molecular weight excluding hydrogens is 273 g/mol. The van der Waals surface area contributed by atoms with Crippen LogP contribution < -0.4 is 5.32 Å². The Labute approximate surface area is 112 Å². The summed E-state index contributed by atoms with van der Waals surface area (Å²) in [4.78, 5) is 0. The average molecular weight is 286 g/mol. The highest BCUT2D eigenvalue weighted by Crippen LogP contribution is 2.27. The second kappa shape index (κ2) is 4.93. The summed E-state index contributed by atoms with van der Waals surface area (Å²) in [6, 6.07) is 3.23. The van der Waals surface area contributed by atoms with E-state index in [1.807, 2.05) is 0 Å². The van der Waals surface area contributed by atoms with Gasteiger partial charge in [0.2, 0.25) is 0 Å². The molecular formula is C12H13F3N4O. The second-order valence-corrected chi connectivity index (χ2v) is 4.84. The standard InChI is InChI=1S/C12H13F3N4O/c13-12(14,15)11-3-4-19(17-11)7-10-5-9(18-20-10)6-16-8-1-2-8/h3-5,8,16H,1-2,6-7H2. The van der Waals surface area contributed by atoms with Gasteiger partial charge >= 0.3 is 6.18 Å². The van der Waals surface area contributed by atoms with Gasteiger partial charge < -0.3 is 9.84 Å². The van der Waals surface area contributed by atoms with Crippen molar-refractivity contribution in [2.24, 2.45) is 0 Å². The molecule has 8 heteroatoms. The lowest BCUT2D eigenvalue weighted by Gasteiger charge is -2.00. The summed E-state index contributed by atoms with van der Waals surface area (Å²) < 4.78 is 43.5. The van der Waals surface area contributed by atoms with Crippen LogP contribution in [-0.4, -0.2) is 21.0 Å². The number of nitrogens with one attached hydrogen (secondary N) is 1. The molecule has 0 bridgehead atoms. The highest BCUT2D eigenvalue weighted by Gasteiger charge is 2.33. The molecule has 5 nitrogen and oxygen atoms in total. The summed E-state index contributed by atoms with van der Waals surface area (Å²) in [5.41, 5.74) is -0.164. The van der Waals surface area contributed by atoms with Crippen molar-refractivity contribution < 1.29 is 17.7 Å². The van der Waals surface area contributed by atoms with Gasteiger partial charge in [0.15, 0.2) is 11.5 Å². The molecule has 0 saturated heterocycles. The van der Waals surface area contributed by atoms with E-state index in [4.69, 9.17) is 4.52 Å². The van der Waals surface area contributed by atoms with Crippen molar-refractivity contribution >= 4 is 0 Å². The number of nitrogens with zero attached hydrogens (tertiary/aromatic N) is 3. The fraction of sp³-hybridized carbons (Fsp3) is 0.500. The number of rotatable bonds is 5. The topological polar surface area (TPSA) is 55.9 Å². The van der Waals surface area contributed by atoms with E-state index < -0.39 is 11.9 Å². The SMILES string of the molecule is FC(F)(F)c1ccn(Cc2cc(CNC3CC3)no2)n1. The predicted octanol–water partition coefficient (Wildman–Crippen LogP) is 2.19. The molecule has 0 amide bonds. The molecule has 0 radical (unpaired) electrons. The summed E-state index contributed by atoms with van der Waals surface area (Å²) >= 11 is 0. The maximum atomic E-state index is 12.4. The summed E-state index contributed by atoms with van der Waals surface area (Å²) in [5, 5.41) is 10.6. The van der Waals surface area contributed by atoms with E-state index in [9.17, 15) is 13.2 Å². The number of hydrogen-bond donors (Lipinski definition) is 1. The molecule has 1 saturated carbocycles. The van der Waals surface area contributed by atoms with Gasteiger partial charge in [-0.05, 0) is 18.9 Å². The molecule has 0 spiro atoms. The third-order valence-corrected chi connectivity index (χ3v) is 3.01. The Morgan fingerprint density at radius 1 is 1.40 bits per heavy atom. The first-order chi connectivity index (χ1) is 9.50. The first-order valence-electron chi connectivity index (χ1n) is 6.29.